The van der Waals surface area contributed by atoms with Crippen LogP contribution in [0.15, 0.2) is 23.9 Å². The normalized spacial score (nSPS) is 10.4. The Labute approximate surface area is 97.6 Å². The third-order valence-corrected chi connectivity index (χ3v) is 2.40. The van der Waals surface area contributed by atoms with Gasteiger partial charge in [-0.25, -0.2) is 4.98 Å². The number of anilines is 1. The summed E-state index contributed by atoms with van der Waals surface area (Å²) in [6.07, 6.45) is 7.09. The van der Waals surface area contributed by atoms with Gasteiger partial charge in [-0.05, 0) is 13.2 Å². The van der Waals surface area contributed by atoms with Crippen molar-refractivity contribution in [2.45, 2.75) is 12.1 Å². The van der Waals surface area contributed by atoms with E-state index in [-0.39, 0.29) is 0 Å². The average Bonchev–Trinajstić information content (AvgIpc) is 2.82. The van der Waals surface area contributed by atoms with Crippen LogP contribution in [0.5, 0.6) is 0 Å². The molecule has 0 saturated heterocycles. The van der Waals surface area contributed by atoms with E-state index in [0.29, 0.717) is 17.1 Å². The van der Waals surface area contributed by atoms with E-state index >= 15 is 0 Å². The maximum atomic E-state index is 4.30. The third kappa shape index (κ3) is 2.30. The first-order chi connectivity index (χ1) is 7.83. The van der Waals surface area contributed by atoms with Crippen LogP contribution in [0.1, 0.15) is 6.92 Å². The zero-order valence-electron chi connectivity index (χ0n) is 9.08. The second kappa shape index (κ2) is 4.93. The van der Waals surface area contributed by atoms with E-state index in [1.165, 1.54) is 11.8 Å². The van der Waals surface area contributed by atoms with Crippen molar-refractivity contribution in [3.8, 4) is 5.95 Å². The highest BCUT2D eigenvalue weighted by molar-refractivity contribution is 7.98. The molecule has 0 unspecified atom stereocenters. The molecule has 0 fully saturated rings. The van der Waals surface area contributed by atoms with Gasteiger partial charge in [-0.2, -0.15) is 15.0 Å². The Morgan fingerprint density at radius 3 is 2.88 bits per heavy atom. The van der Waals surface area contributed by atoms with Gasteiger partial charge < -0.3 is 5.32 Å². The van der Waals surface area contributed by atoms with Crippen LogP contribution in [0.2, 0.25) is 0 Å². The SMILES string of the molecule is CCNc1nc(SC)nc(-n2ccnc2)n1. The van der Waals surface area contributed by atoms with Crippen LogP contribution in [0.4, 0.5) is 5.95 Å². The van der Waals surface area contributed by atoms with E-state index in [1.54, 1.807) is 23.3 Å². The van der Waals surface area contributed by atoms with Crippen molar-refractivity contribution in [3.05, 3.63) is 18.7 Å². The van der Waals surface area contributed by atoms with Gasteiger partial charge in [0.1, 0.15) is 6.33 Å². The van der Waals surface area contributed by atoms with Gasteiger partial charge in [0.25, 0.3) is 0 Å². The number of hydrogen-bond acceptors (Lipinski definition) is 6. The third-order valence-electron chi connectivity index (χ3n) is 1.86. The number of hydrogen-bond donors (Lipinski definition) is 1. The van der Waals surface area contributed by atoms with Crippen LogP contribution in [-0.4, -0.2) is 37.3 Å². The van der Waals surface area contributed by atoms with Crippen LogP contribution in [0.3, 0.4) is 0 Å². The molecule has 0 saturated carbocycles. The quantitative estimate of drug-likeness (QED) is 0.805. The molecular formula is C9H12N6S. The predicted octanol–water partition coefficient (Wildman–Crippen LogP) is 1.21. The highest BCUT2D eigenvalue weighted by Crippen LogP contribution is 2.12. The van der Waals surface area contributed by atoms with E-state index in [0.717, 1.165) is 6.54 Å². The minimum Gasteiger partial charge on any atom is -0.354 e. The molecule has 0 aliphatic heterocycles. The molecule has 2 rings (SSSR count). The van der Waals surface area contributed by atoms with Gasteiger partial charge in [-0.15, -0.1) is 0 Å². The summed E-state index contributed by atoms with van der Waals surface area (Å²) >= 11 is 1.48. The molecule has 2 aromatic heterocycles. The molecule has 0 spiro atoms. The van der Waals surface area contributed by atoms with Crippen LogP contribution in [-0.2, 0) is 0 Å². The topological polar surface area (TPSA) is 68.5 Å². The van der Waals surface area contributed by atoms with E-state index in [4.69, 9.17) is 0 Å². The average molecular weight is 236 g/mol. The molecule has 0 aliphatic carbocycles. The molecule has 0 aromatic carbocycles. The molecule has 2 heterocycles. The number of aromatic nitrogens is 5. The molecule has 16 heavy (non-hydrogen) atoms. The first kappa shape index (κ1) is 10.9. The van der Waals surface area contributed by atoms with Gasteiger partial charge in [0.15, 0.2) is 5.16 Å². The standard InChI is InChI=1S/C9H12N6S/c1-3-11-7-12-8(14-9(13-7)16-2)15-5-4-10-6-15/h4-6H,3H2,1-2H3,(H,11,12,13,14). The largest absolute Gasteiger partial charge is 0.354 e. The lowest BCUT2D eigenvalue weighted by molar-refractivity contribution is 0.824. The fraction of sp³-hybridized carbons (Fsp3) is 0.333. The van der Waals surface area contributed by atoms with Crippen molar-refractivity contribution < 1.29 is 0 Å². The lowest BCUT2D eigenvalue weighted by Crippen LogP contribution is -2.08. The second-order valence-electron chi connectivity index (χ2n) is 2.95. The molecule has 7 heteroatoms. The van der Waals surface area contributed by atoms with Crippen molar-refractivity contribution in [1.29, 1.82) is 0 Å². The molecule has 2 aromatic rings. The minimum absolute atomic E-state index is 0.577. The summed E-state index contributed by atoms with van der Waals surface area (Å²) in [5.74, 6) is 1.17. The first-order valence-corrected chi connectivity index (χ1v) is 6.08. The highest BCUT2D eigenvalue weighted by Gasteiger charge is 2.06. The fourth-order valence-electron chi connectivity index (χ4n) is 1.17. The Morgan fingerprint density at radius 1 is 1.38 bits per heavy atom. The zero-order valence-corrected chi connectivity index (χ0v) is 9.90. The van der Waals surface area contributed by atoms with Crippen LogP contribution >= 0.6 is 11.8 Å². The molecule has 0 amide bonds. The summed E-state index contributed by atoms with van der Waals surface area (Å²) in [6, 6.07) is 0. The molecule has 0 atom stereocenters. The van der Waals surface area contributed by atoms with Gasteiger partial charge in [0.05, 0.1) is 0 Å². The Bertz CT molecular complexity index is 455. The lowest BCUT2D eigenvalue weighted by atomic mass is 10.7. The monoisotopic (exact) mass is 236 g/mol. The van der Waals surface area contributed by atoms with Crippen LogP contribution in [0, 0.1) is 0 Å². The molecule has 1 N–H and O–H groups in total. The zero-order chi connectivity index (χ0) is 11.4. The van der Waals surface area contributed by atoms with Crippen molar-refractivity contribution in [3.63, 3.8) is 0 Å². The fourth-order valence-corrected chi connectivity index (χ4v) is 1.52. The van der Waals surface area contributed by atoms with Crippen LogP contribution < -0.4 is 5.32 Å². The molecule has 0 radical (unpaired) electrons. The maximum Gasteiger partial charge on any atom is 0.240 e. The Kier molecular flexibility index (Phi) is 3.35. The van der Waals surface area contributed by atoms with E-state index in [2.05, 4.69) is 25.3 Å². The number of nitrogens with zero attached hydrogens (tertiary/aromatic N) is 5. The summed E-state index contributed by atoms with van der Waals surface area (Å²) in [7, 11) is 0. The minimum atomic E-state index is 0.577. The second-order valence-corrected chi connectivity index (χ2v) is 3.72. The summed E-state index contributed by atoms with van der Waals surface area (Å²) < 4.78 is 1.75. The summed E-state index contributed by atoms with van der Waals surface area (Å²) in [4.78, 5) is 16.8. The Morgan fingerprint density at radius 2 is 2.25 bits per heavy atom. The Balaban J connectivity index is 2.41. The van der Waals surface area contributed by atoms with Gasteiger partial charge in [0.2, 0.25) is 11.9 Å². The van der Waals surface area contributed by atoms with Crippen molar-refractivity contribution >= 4 is 17.7 Å². The van der Waals surface area contributed by atoms with Crippen LogP contribution in [0.25, 0.3) is 5.95 Å². The van der Waals surface area contributed by atoms with Gasteiger partial charge in [-0.1, -0.05) is 11.8 Å². The highest BCUT2D eigenvalue weighted by atomic mass is 32.2. The van der Waals surface area contributed by atoms with Gasteiger partial charge >= 0.3 is 0 Å². The van der Waals surface area contributed by atoms with Gasteiger partial charge in [0, 0.05) is 18.9 Å². The van der Waals surface area contributed by atoms with Crippen molar-refractivity contribution in [1.82, 2.24) is 24.5 Å². The molecule has 0 bridgehead atoms. The number of rotatable bonds is 4. The smallest absolute Gasteiger partial charge is 0.240 e. The van der Waals surface area contributed by atoms with E-state index in [1.807, 2.05) is 13.2 Å². The summed E-state index contributed by atoms with van der Waals surface area (Å²) in [5, 5.41) is 3.76. The lowest BCUT2D eigenvalue weighted by Gasteiger charge is -2.06. The number of nitrogens with one attached hydrogen (secondary N) is 1. The summed E-state index contributed by atoms with van der Waals surface area (Å²) in [6.45, 7) is 2.78. The van der Waals surface area contributed by atoms with E-state index in [9.17, 15) is 0 Å². The molecular weight excluding hydrogens is 224 g/mol. The van der Waals surface area contributed by atoms with Crippen molar-refractivity contribution in [2.24, 2.45) is 0 Å². The summed E-state index contributed by atoms with van der Waals surface area (Å²) in [5.41, 5.74) is 0. The maximum absolute atomic E-state index is 4.30. The number of imidazole rings is 1. The molecule has 6 nitrogen and oxygen atoms in total. The first-order valence-electron chi connectivity index (χ1n) is 4.85. The number of thioether (sulfide) groups is 1. The van der Waals surface area contributed by atoms with Crippen molar-refractivity contribution in [2.75, 3.05) is 18.1 Å². The predicted molar refractivity (Wildman–Crippen MR) is 62.9 cm³/mol. The van der Waals surface area contributed by atoms with Gasteiger partial charge in [-0.3, -0.25) is 4.57 Å². The molecule has 84 valence electrons. The Hall–Kier alpha value is -1.63. The molecule has 0 aliphatic rings. The van der Waals surface area contributed by atoms with E-state index < -0.39 is 0 Å².